The minimum atomic E-state index is -0.364. The third-order valence-electron chi connectivity index (χ3n) is 5.49. The van der Waals surface area contributed by atoms with Crippen molar-refractivity contribution in [1.82, 2.24) is 15.2 Å². The fourth-order valence-corrected chi connectivity index (χ4v) is 3.81. The number of aryl methyl sites for hydroxylation is 1. The number of hydrogen-bond donors (Lipinski definition) is 3. The number of nitrogens with one attached hydrogen (secondary N) is 3. The third-order valence-corrected chi connectivity index (χ3v) is 5.49. The molecule has 154 valence electrons. The van der Waals surface area contributed by atoms with E-state index in [2.05, 4.69) is 40.9 Å². The van der Waals surface area contributed by atoms with Crippen LogP contribution < -0.4 is 10.6 Å². The second-order valence-electron chi connectivity index (χ2n) is 7.30. The zero-order chi connectivity index (χ0) is 21.1. The molecule has 0 radical (unpaired) electrons. The van der Waals surface area contributed by atoms with Crippen LogP contribution in [-0.4, -0.2) is 42.0 Å². The lowest BCUT2D eigenvalue weighted by atomic mass is 10.0. The van der Waals surface area contributed by atoms with Crippen molar-refractivity contribution in [2.75, 3.05) is 31.5 Å². The van der Waals surface area contributed by atoms with Crippen molar-refractivity contribution in [2.45, 2.75) is 27.7 Å². The summed E-state index contributed by atoms with van der Waals surface area (Å²) in [4.78, 5) is 18.1. The lowest BCUT2D eigenvalue weighted by Crippen LogP contribution is -2.31. The first-order valence-electron chi connectivity index (χ1n) is 10.0. The monoisotopic (exact) mass is 396 g/mol. The maximum atomic E-state index is 13.7. The molecular formula is C23H29FN4O. The van der Waals surface area contributed by atoms with Crippen molar-refractivity contribution in [2.24, 2.45) is 0 Å². The number of H-pyrrole nitrogens is 1. The fraction of sp³-hybridized carbons (Fsp3) is 0.348. The highest BCUT2D eigenvalue weighted by Gasteiger charge is 2.25. The number of amides is 1. The van der Waals surface area contributed by atoms with Gasteiger partial charge < -0.3 is 20.5 Å². The summed E-state index contributed by atoms with van der Waals surface area (Å²) >= 11 is 0. The van der Waals surface area contributed by atoms with Gasteiger partial charge in [0.25, 0.3) is 5.91 Å². The molecule has 0 bridgehead atoms. The number of halogens is 1. The summed E-state index contributed by atoms with van der Waals surface area (Å²) in [5.74, 6) is -0.591. The Hall–Kier alpha value is -2.86. The van der Waals surface area contributed by atoms with Gasteiger partial charge in [-0.15, -0.1) is 0 Å². The number of aromatic nitrogens is 1. The van der Waals surface area contributed by atoms with Gasteiger partial charge >= 0.3 is 0 Å². The molecule has 2 heterocycles. The van der Waals surface area contributed by atoms with E-state index in [0.717, 1.165) is 54.4 Å². The topological polar surface area (TPSA) is 60.2 Å². The number of fused-ring (bicyclic) bond motifs is 1. The summed E-state index contributed by atoms with van der Waals surface area (Å²) in [5, 5.41) is 6.20. The maximum Gasteiger partial charge on any atom is 0.256 e. The molecular weight excluding hydrogens is 367 g/mol. The minimum absolute atomic E-state index is 0.227. The summed E-state index contributed by atoms with van der Waals surface area (Å²) in [6.07, 6.45) is 1.79. The second kappa shape index (κ2) is 8.66. The zero-order valence-electron chi connectivity index (χ0n) is 17.6. The van der Waals surface area contributed by atoms with Crippen LogP contribution in [-0.2, 0) is 4.79 Å². The van der Waals surface area contributed by atoms with E-state index in [-0.39, 0.29) is 11.7 Å². The van der Waals surface area contributed by atoms with Crippen molar-refractivity contribution < 1.29 is 9.18 Å². The van der Waals surface area contributed by atoms with E-state index in [1.54, 1.807) is 12.1 Å². The number of rotatable bonds is 8. The highest BCUT2D eigenvalue weighted by Crippen LogP contribution is 2.34. The molecule has 3 rings (SSSR count). The molecule has 1 aromatic heterocycles. The summed E-state index contributed by atoms with van der Waals surface area (Å²) in [5.41, 5.74) is 6.36. The summed E-state index contributed by atoms with van der Waals surface area (Å²) in [6.45, 7) is 16.3. The molecule has 0 spiro atoms. The van der Waals surface area contributed by atoms with Crippen LogP contribution in [0.3, 0.4) is 0 Å². The number of nitrogens with zero attached hydrogens (tertiary/aromatic N) is 1. The SMILES string of the molecule is C=C(NCCN(CC)CC)c1c(C)[nH]c(/C=C2\C(=O)Nc3ccc(F)cc32)c1C. The number of anilines is 1. The van der Waals surface area contributed by atoms with Gasteiger partial charge in [0.05, 0.1) is 5.57 Å². The van der Waals surface area contributed by atoms with Crippen LogP contribution in [0.25, 0.3) is 17.3 Å². The normalized spacial score (nSPS) is 14.4. The first kappa shape index (κ1) is 20.9. The van der Waals surface area contributed by atoms with E-state index in [0.29, 0.717) is 16.8 Å². The van der Waals surface area contributed by atoms with Crippen LogP contribution in [0.15, 0.2) is 24.8 Å². The number of likely N-dealkylation sites (N-methyl/N-ethyl adjacent to an activating group) is 1. The predicted octanol–water partition coefficient (Wildman–Crippen LogP) is 4.17. The van der Waals surface area contributed by atoms with Gasteiger partial charge in [-0.1, -0.05) is 20.4 Å². The molecule has 29 heavy (non-hydrogen) atoms. The summed E-state index contributed by atoms with van der Waals surface area (Å²) in [6, 6.07) is 4.32. The Morgan fingerprint density at radius 1 is 1.28 bits per heavy atom. The standard InChI is InChI=1S/C23H29FN4O/c1-6-28(7-2)11-10-25-15(4)22-14(3)21(26-16(22)5)13-19-18-12-17(24)8-9-20(18)27-23(19)29/h8-9,12-13,25-26H,4,6-7,10-11H2,1-3,5H3,(H,27,29)/b19-13-. The third kappa shape index (κ3) is 4.27. The number of hydrogen-bond acceptors (Lipinski definition) is 3. The van der Waals surface area contributed by atoms with E-state index < -0.39 is 0 Å². The molecule has 0 saturated heterocycles. The molecule has 1 aliphatic rings. The maximum absolute atomic E-state index is 13.7. The lowest BCUT2D eigenvalue weighted by Gasteiger charge is -2.19. The Morgan fingerprint density at radius 3 is 2.69 bits per heavy atom. The number of carbonyl (C=O) groups is 1. The van der Waals surface area contributed by atoms with Crippen LogP contribution >= 0.6 is 0 Å². The fourth-order valence-electron chi connectivity index (χ4n) is 3.81. The van der Waals surface area contributed by atoms with E-state index in [1.165, 1.54) is 12.1 Å². The molecule has 5 nitrogen and oxygen atoms in total. The van der Waals surface area contributed by atoms with Crippen molar-refractivity contribution in [3.8, 4) is 0 Å². The van der Waals surface area contributed by atoms with Crippen molar-refractivity contribution in [3.05, 3.63) is 58.7 Å². The van der Waals surface area contributed by atoms with Crippen LogP contribution in [0.1, 0.15) is 41.9 Å². The average molecular weight is 397 g/mol. The molecule has 1 amide bonds. The smallest absolute Gasteiger partial charge is 0.256 e. The molecule has 0 unspecified atom stereocenters. The molecule has 0 fully saturated rings. The Morgan fingerprint density at radius 2 is 2.00 bits per heavy atom. The van der Waals surface area contributed by atoms with Gasteiger partial charge in [0.15, 0.2) is 0 Å². The van der Waals surface area contributed by atoms with Crippen molar-refractivity contribution >= 4 is 28.9 Å². The molecule has 0 aliphatic carbocycles. The molecule has 2 aromatic rings. The number of benzene rings is 1. The second-order valence-corrected chi connectivity index (χ2v) is 7.30. The zero-order valence-corrected chi connectivity index (χ0v) is 17.6. The van der Waals surface area contributed by atoms with Gasteiger partial charge in [0, 0.05) is 47.0 Å². The van der Waals surface area contributed by atoms with E-state index in [9.17, 15) is 9.18 Å². The van der Waals surface area contributed by atoms with E-state index in [4.69, 9.17) is 0 Å². The molecule has 6 heteroatoms. The van der Waals surface area contributed by atoms with Gasteiger partial charge in [0.2, 0.25) is 0 Å². The van der Waals surface area contributed by atoms with Crippen molar-refractivity contribution in [3.63, 3.8) is 0 Å². The minimum Gasteiger partial charge on any atom is -0.384 e. The van der Waals surface area contributed by atoms with Gasteiger partial charge in [-0.2, -0.15) is 0 Å². The van der Waals surface area contributed by atoms with Gasteiger partial charge in [-0.05, 0) is 56.8 Å². The van der Waals surface area contributed by atoms with Crippen LogP contribution in [0.5, 0.6) is 0 Å². The molecule has 3 N–H and O–H groups in total. The van der Waals surface area contributed by atoms with Crippen molar-refractivity contribution in [1.29, 1.82) is 0 Å². The molecule has 1 aromatic carbocycles. The molecule has 0 atom stereocenters. The Kier molecular flexibility index (Phi) is 6.23. The lowest BCUT2D eigenvalue weighted by molar-refractivity contribution is -0.110. The Bertz CT molecular complexity index is 969. The van der Waals surface area contributed by atoms with Gasteiger partial charge in [-0.3, -0.25) is 4.79 Å². The average Bonchev–Trinajstić information content (AvgIpc) is 3.14. The van der Waals surface area contributed by atoms with Crippen LogP contribution in [0.2, 0.25) is 0 Å². The number of aromatic amines is 1. The predicted molar refractivity (Wildman–Crippen MR) is 118 cm³/mol. The first-order valence-corrected chi connectivity index (χ1v) is 10.0. The highest BCUT2D eigenvalue weighted by molar-refractivity contribution is 6.34. The Labute approximate surface area is 171 Å². The number of carbonyl (C=O) groups excluding carboxylic acids is 1. The highest BCUT2D eigenvalue weighted by atomic mass is 19.1. The van der Waals surface area contributed by atoms with Crippen LogP contribution in [0, 0.1) is 19.7 Å². The van der Waals surface area contributed by atoms with Crippen LogP contribution in [0.4, 0.5) is 10.1 Å². The first-order chi connectivity index (χ1) is 13.8. The largest absolute Gasteiger partial charge is 0.384 e. The van der Waals surface area contributed by atoms with E-state index >= 15 is 0 Å². The summed E-state index contributed by atoms with van der Waals surface area (Å²) < 4.78 is 13.7. The molecule has 0 saturated carbocycles. The Balaban J connectivity index is 1.83. The quantitative estimate of drug-likeness (QED) is 0.587. The van der Waals surface area contributed by atoms with Gasteiger partial charge in [0.1, 0.15) is 5.82 Å². The van der Waals surface area contributed by atoms with E-state index in [1.807, 2.05) is 13.8 Å². The summed E-state index contributed by atoms with van der Waals surface area (Å²) in [7, 11) is 0. The van der Waals surface area contributed by atoms with Gasteiger partial charge in [-0.25, -0.2) is 4.39 Å². The molecule has 1 aliphatic heterocycles.